The van der Waals surface area contributed by atoms with E-state index < -0.39 is 5.54 Å². The molecule has 0 aromatic carbocycles. The lowest BCUT2D eigenvalue weighted by molar-refractivity contribution is 0.287. The number of rotatable bonds is 4. The van der Waals surface area contributed by atoms with Crippen LogP contribution in [0.5, 0.6) is 0 Å². The molecule has 0 aliphatic carbocycles. The molecular formula is C9H18N4O. The highest BCUT2D eigenvalue weighted by molar-refractivity contribution is 4.99. The van der Waals surface area contributed by atoms with Crippen LogP contribution in [0.15, 0.2) is 4.52 Å². The minimum Gasteiger partial charge on any atom is -0.337 e. The van der Waals surface area contributed by atoms with E-state index in [-0.39, 0.29) is 0 Å². The van der Waals surface area contributed by atoms with Gasteiger partial charge in [0.25, 0.3) is 0 Å². The quantitative estimate of drug-likeness (QED) is 0.772. The maximum atomic E-state index is 5.97. The van der Waals surface area contributed by atoms with Crippen LogP contribution in [0.2, 0.25) is 0 Å². The van der Waals surface area contributed by atoms with Crippen molar-refractivity contribution < 1.29 is 4.52 Å². The Balaban J connectivity index is 2.77. The van der Waals surface area contributed by atoms with Gasteiger partial charge in [0.15, 0.2) is 5.82 Å². The van der Waals surface area contributed by atoms with Gasteiger partial charge in [-0.15, -0.1) is 0 Å². The molecular weight excluding hydrogens is 180 g/mol. The third kappa shape index (κ3) is 2.52. The zero-order chi connectivity index (χ0) is 10.8. The number of hydrogen-bond donors (Lipinski definition) is 1. The van der Waals surface area contributed by atoms with Gasteiger partial charge in [0.2, 0.25) is 5.89 Å². The molecule has 80 valence electrons. The van der Waals surface area contributed by atoms with Crippen LogP contribution in [-0.2, 0) is 12.1 Å². The van der Waals surface area contributed by atoms with Gasteiger partial charge >= 0.3 is 0 Å². The zero-order valence-corrected chi connectivity index (χ0v) is 9.24. The first-order valence-corrected chi connectivity index (χ1v) is 4.72. The second-order valence-electron chi connectivity index (χ2n) is 4.02. The summed E-state index contributed by atoms with van der Waals surface area (Å²) in [6.45, 7) is 4.55. The third-order valence-electron chi connectivity index (χ3n) is 2.15. The fourth-order valence-corrected chi connectivity index (χ4v) is 0.984. The molecule has 0 amide bonds. The van der Waals surface area contributed by atoms with E-state index in [2.05, 4.69) is 10.1 Å². The van der Waals surface area contributed by atoms with Crippen LogP contribution in [0.4, 0.5) is 0 Å². The van der Waals surface area contributed by atoms with Gasteiger partial charge in [-0.05, 0) is 27.4 Å². The molecule has 1 unspecified atom stereocenters. The van der Waals surface area contributed by atoms with Crippen molar-refractivity contribution in [3.63, 3.8) is 0 Å². The predicted molar refractivity (Wildman–Crippen MR) is 53.5 cm³/mol. The summed E-state index contributed by atoms with van der Waals surface area (Å²) in [5.74, 6) is 1.19. The summed E-state index contributed by atoms with van der Waals surface area (Å²) in [6, 6.07) is 0. The molecule has 0 aliphatic rings. The Morgan fingerprint density at radius 2 is 2.14 bits per heavy atom. The fourth-order valence-electron chi connectivity index (χ4n) is 0.984. The highest BCUT2D eigenvalue weighted by Gasteiger charge is 2.25. The average Bonchev–Trinajstić information content (AvgIpc) is 2.52. The van der Waals surface area contributed by atoms with Gasteiger partial charge in [0.05, 0.1) is 12.1 Å². The summed E-state index contributed by atoms with van der Waals surface area (Å²) in [4.78, 5) is 6.23. The van der Waals surface area contributed by atoms with Gasteiger partial charge in [0, 0.05) is 0 Å². The van der Waals surface area contributed by atoms with Gasteiger partial charge < -0.3 is 15.2 Å². The fraction of sp³-hybridized carbons (Fsp3) is 0.778. The topological polar surface area (TPSA) is 68.2 Å². The van der Waals surface area contributed by atoms with Crippen LogP contribution in [-0.4, -0.2) is 29.1 Å². The maximum absolute atomic E-state index is 5.97. The van der Waals surface area contributed by atoms with Gasteiger partial charge in [-0.1, -0.05) is 12.1 Å². The molecule has 0 saturated carbocycles. The molecule has 0 radical (unpaired) electrons. The first-order chi connectivity index (χ1) is 6.45. The summed E-state index contributed by atoms with van der Waals surface area (Å²) in [6.07, 6.45) is 0.774. The molecule has 1 aromatic rings. The Bertz CT molecular complexity index is 293. The van der Waals surface area contributed by atoms with Crippen LogP contribution >= 0.6 is 0 Å². The van der Waals surface area contributed by atoms with Crippen LogP contribution < -0.4 is 5.73 Å². The van der Waals surface area contributed by atoms with Crippen molar-refractivity contribution in [2.24, 2.45) is 5.73 Å². The first kappa shape index (κ1) is 11.1. The SMILES string of the molecule is CCC(C)(N)c1nc(CN(C)C)no1. The smallest absolute Gasteiger partial charge is 0.246 e. The van der Waals surface area contributed by atoms with Crippen LogP contribution in [0, 0.1) is 0 Å². The van der Waals surface area contributed by atoms with Gasteiger partial charge in [-0.25, -0.2) is 0 Å². The van der Waals surface area contributed by atoms with Crippen molar-refractivity contribution in [3.8, 4) is 0 Å². The highest BCUT2D eigenvalue weighted by Crippen LogP contribution is 2.18. The minimum absolute atomic E-state index is 0.511. The van der Waals surface area contributed by atoms with Gasteiger partial charge in [-0.3, -0.25) is 0 Å². The van der Waals surface area contributed by atoms with Crippen LogP contribution in [0.1, 0.15) is 32.0 Å². The lowest BCUT2D eigenvalue weighted by Gasteiger charge is -2.16. The largest absolute Gasteiger partial charge is 0.337 e. The van der Waals surface area contributed by atoms with Gasteiger partial charge in [-0.2, -0.15) is 4.98 Å². The second-order valence-corrected chi connectivity index (χ2v) is 4.02. The summed E-state index contributed by atoms with van der Waals surface area (Å²) in [7, 11) is 3.91. The number of hydrogen-bond acceptors (Lipinski definition) is 5. The zero-order valence-electron chi connectivity index (χ0n) is 9.24. The van der Waals surface area contributed by atoms with Crippen LogP contribution in [0.25, 0.3) is 0 Å². The third-order valence-corrected chi connectivity index (χ3v) is 2.15. The lowest BCUT2D eigenvalue weighted by atomic mass is 10.0. The number of aromatic nitrogens is 2. The Hall–Kier alpha value is -0.940. The van der Waals surface area contributed by atoms with Crippen molar-refractivity contribution in [2.45, 2.75) is 32.4 Å². The summed E-state index contributed by atoms with van der Waals surface area (Å²) < 4.78 is 5.11. The monoisotopic (exact) mass is 198 g/mol. The first-order valence-electron chi connectivity index (χ1n) is 4.72. The second kappa shape index (κ2) is 4.06. The van der Waals surface area contributed by atoms with E-state index in [0.717, 1.165) is 6.42 Å². The molecule has 1 rings (SSSR count). The molecule has 1 heterocycles. The van der Waals surface area contributed by atoms with E-state index in [1.54, 1.807) is 0 Å². The number of nitrogens with zero attached hydrogens (tertiary/aromatic N) is 3. The summed E-state index contributed by atoms with van der Waals surface area (Å²) in [5, 5.41) is 3.86. The van der Waals surface area contributed by atoms with E-state index in [1.165, 1.54) is 0 Å². The van der Waals surface area contributed by atoms with Crippen molar-refractivity contribution in [1.82, 2.24) is 15.0 Å². The standard InChI is InChI=1S/C9H18N4O/c1-5-9(2,10)8-11-7(12-14-8)6-13(3)4/h5-6,10H2,1-4H3. The maximum Gasteiger partial charge on any atom is 0.246 e. The molecule has 1 atom stereocenters. The molecule has 0 spiro atoms. The lowest BCUT2D eigenvalue weighted by Crippen LogP contribution is -2.32. The summed E-state index contributed by atoms with van der Waals surface area (Å²) >= 11 is 0. The van der Waals surface area contributed by atoms with Crippen molar-refractivity contribution in [1.29, 1.82) is 0 Å². The Labute approximate surface area is 84.3 Å². The Kier molecular flexibility index (Phi) is 3.23. The van der Waals surface area contributed by atoms with E-state index in [4.69, 9.17) is 10.3 Å². The van der Waals surface area contributed by atoms with Crippen LogP contribution in [0.3, 0.4) is 0 Å². The van der Waals surface area contributed by atoms with E-state index in [0.29, 0.717) is 18.3 Å². The van der Waals surface area contributed by atoms with Crippen molar-refractivity contribution in [3.05, 3.63) is 11.7 Å². The predicted octanol–water partition coefficient (Wildman–Crippen LogP) is 0.715. The number of nitrogens with two attached hydrogens (primary N) is 1. The summed E-state index contributed by atoms with van der Waals surface area (Å²) in [5.41, 5.74) is 5.46. The molecule has 0 saturated heterocycles. The van der Waals surface area contributed by atoms with Crippen molar-refractivity contribution >= 4 is 0 Å². The van der Waals surface area contributed by atoms with E-state index >= 15 is 0 Å². The minimum atomic E-state index is -0.516. The Morgan fingerprint density at radius 1 is 1.50 bits per heavy atom. The molecule has 1 aromatic heterocycles. The van der Waals surface area contributed by atoms with Crippen molar-refractivity contribution in [2.75, 3.05) is 14.1 Å². The van der Waals surface area contributed by atoms with Gasteiger partial charge in [0.1, 0.15) is 0 Å². The molecule has 5 nitrogen and oxygen atoms in total. The average molecular weight is 198 g/mol. The molecule has 14 heavy (non-hydrogen) atoms. The van der Waals surface area contributed by atoms with E-state index in [9.17, 15) is 0 Å². The molecule has 5 heteroatoms. The Morgan fingerprint density at radius 3 is 2.64 bits per heavy atom. The highest BCUT2D eigenvalue weighted by atomic mass is 16.5. The molecule has 2 N–H and O–H groups in total. The van der Waals surface area contributed by atoms with E-state index in [1.807, 2.05) is 32.8 Å². The molecule has 0 fully saturated rings. The molecule has 0 bridgehead atoms. The molecule has 0 aliphatic heterocycles. The normalized spacial score (nSPS) is 15.9.